The van der Waals surface area contributed by atoms with E-state index in [4.69, 9.17) is 9.47 Å². The lowest BCUT2D eigenvalue weighted by atomic mass is 9.93. The van der Waals surface area contributed by atoms with Gasteiger partial charge in [-0.05, 0) is 59.0 Å². The number of aliphatic hydroxyl groups excluding tert-OH is 1. The number of benzene rings is 2. The first-order valence-corrected chi connectivity index (χ1v) is 11.3. The number of pyridine rings is 1. The van der Waals surface area contributed by atoms with Crippen LogP contribution in [0.15, 0.2) is 72.6 Å². The van der Waals surface area contributed by atoms with Gasteiger partial charge >= 0.3 is 0 Å². The van der Waals surface area contributed by atoms with E-state index >= 15 is 0 Å². The number of rotatable bonds is 7. The minimum Gasteiger partial charge on any atom is -0.507 e. The van der Waals surface area contributed by atoms with Crippen LogP contribution in [0.25, 0.3) is 5.76 Å². The SMILES string of the molecule is COc1ccc(CN2C(=O)C(=O)/C(=C(\O)c3ccc(OC)c(C(C)C)c3)C2c2cccnc2)cc1. The fourth-order valence-electron chi connectivity index (χ4n) is 4.34. The molecule has 0 radical (unpaired) electrons. The summed E-state index contributed by atoms with van der Waals surface area (Å²) < 4.78 is 10.7. The van der Waals surface area contributed by atoms with Crippen molar-refractivity contribution in [2.75, 3.05) is 14.2 Å². The Labute approximate surface area is 204 Å². The second-order valence-electron chi connectivity index (χ2n) is 8.67. The van der Waals surface area contributed by atoms with Crippen molar-refractivity contribution in [3.63, 3.8) is 0 Å². The number of Topliss-reactive ketones (excluding diaryl/α,β-unsaturated/α-hetero) is 1. The highest BCUT2D eigenvalue weighted by molar-refractivity contribution is 6.46. The number of likely N-dealkylation sites (tertiary alicyclic amines) is 1. The summed E-state index contributed by atoms with van der Waals surface area (Å²) in [6, 6.07) is 15.3. The third-order valence-electron chi connectivity index (χ3n) is 6.18. The number of ketones is 1. The van der Waals surface area contributed by atoms with Crippen LogP contribution in [0.4, 0.5) is 0 Å². The summed E-state index contributed by atoms with van der Waals surface area (Å²) in [5.41, 5.74) is 2.84. The summed E-state index contributed by atoms with van der Waals surface area (Å²) in [6.07, 6.45) is 3.23. The van der Waals surface area contributed by atoms with Crippen molar-refractivity contribution in [2.45, 2.75) is 32.4 Å². The maximum atomic E-state index is 13.3. The number of ether oxygens (including phenoxy) is 2. The lowest BCUT2D eigenvalue weighted by molar-refractivity contribution is -0.140. The van der Waals surface area contributed by atoms with Crippen molar-refractivity contribution in [1.82, 2.24) is 9.88 Å². The maximum absolute atomic E-state index is 13.3. The Morgan fingerprint density at radius 1 is 1.06 bits per heavy atom. The van der Waals surface area contributed by atoms with E-state index in [9.17, 15) is 14.7 Å². The molecule has 1 aliphatic rings. The molecule has 0 spiro atoms. The van der Waals surface area contributed by atoms with Crippen LogP contribution in [0.2, 0.25) is 0 Å². The Balaban J connectivity index is 1.83. The van der Waals surface area contributed by atoms with Gasteiger partial charge in [-0.1, -0.05) is 32.0 Å². The molecule has 180 valence electrons. The van der Waals surface area contributed by atoms with Gasteiger partial charge in [0.2, 0.25) is 0 Å². The first-order valence-electron chi connectivity index (χ1n) is 11.3. The molecule has 7 heteroatoms. The second-order valence-corrected chi connectivity index (χ2v) is 8.67. The summed E-state index contributed by atoms with van der Waals surface area (Å²) in [6.45, 7) is 4.22. The molecule has 1 N–H and O–H groups in total. The quantitative estimate of drug-likeness (QED) is 0.301. The normalized spacial score (nSPS) is 17.2. The van der Waals surface area contributed by atoms with E-state index in [0.29, 0.717) is 22.6 Å². The molecule has 1 atom stereocenters. The third-order valence-corrected chi connectivity index (χ3v) is 6.18. The van der Waals surface area contributed by atoms with Crippen LogP contribution in [0, 0.1) is 0 Å². The van der Waals surface area contributed by atoms with Gasteiger partial charge in [0.15, 0.2) is 0 Å². The molecule has 35 heavy (non-hydrogen) atoms. The molecule has 7 nitrogen and oxygen atoms in total. The second kappa shape index (κ2) is 10.0. The molecule has 0 aliphatic carbocycles. The summed E-state index contributed by atoms with van der Waals surface area (Å²) >= 11 is 0. The highest BCUT2D eigenvalue weighted by Gasteiger charge is 2.46. The predicted octanol–water partition coefficient (Wildman–Crippen LogP) is 4.84. The molecule has 4 rings (SSSR count). The highest BCUT2D eigenvalue weighted by atomic mass is 16.5. The van der Waals surface area contributed by atoms with Crippen LogP contribution >= 0.6 is 0 Å². The van der Waals surface area contributed by atoms with Gasteiger partial charge < -0.3 is 19.5 Å². The van der Waals surface area contributed by atoms with Gasteiger partial charge in [-0.25, -0.2) is 0 Å². The number of amides is 1. The molecule has 0 saturated carbocycles. The summed E-state index contributed by atoms with van der Waals surface area (Å²) in [7, 11) is 3.17. The van der Waals surface area contributed by atoms with Gasteiger partial charge in [-0.3, -0.25) is 14.6 Å². The van der Waals surface area contributed by atoms with Crippen LogP contribution in [0.3, 0.4) is 0 Å². The van der Waals surface area contributed by atoms with E-state index in [1.165, 1.54) is 4.90 Å². The van der Waals surface area contributed by atoms with Crippen LogP contribution < -0.4 is 9.47 Å². The number of carbonyl (C=O) groups excluding carboxylic acids is 2. The number of methoxy groups -OCH3 is 2. The van der Waals surface area contributed by atoms with Crippen LogP contribution in [-0.2, 0) is 16.1 Å². The number of hydrogen-bond acceptors (Lipinski definition) is 6. The van der Waals surface area contributed by atoms with Gasteiger partial charge in [-0.2, -0.15) is 0 Å². The molecule has 1 amide bonds. The minimum absolute atomic E-state index is 0.0383. The van der Waals surface area contributed by atoms with Gasteiger partial charge in [0, 0.05) is 24.5 Å². The Hall–Kier alpha value is -4.13. The largest absolute Gasteiger partial charge is 0.507 e. The lowest BCUT2D eigenvalue weighted by Gasteiger charge is -2.25. The monoisotopic (exact) mass is 472 g/mol. The Bertz CT molecular complexity index is 1270. The van der Waals surface area contributed by atoms with Gasteiger partial charge in [0.25, 0.3) is 11.7 Å². The maximum Gasteiger partial charge on any atom is 0.295 e. The van der Waals surface area contributed by atoms with E-state index in [1.807, 2.05) is 26.0 Å². The van der Waals surface area contributed by atoms with Crippen molar-refractivity contribution < 1.29 is 24.2 Å². The molecular weight excluding hydrogens is 444 g/mol. The van der Waals surface area contributed by atoms with E-state index in [-0.39, 0.29) is 23.8 Å². The molecule has 1 fully saturated rings. The van der Waals surface area contributed by atoms with Crippen LogP contribution in [-0.4, -0.2) is 40.9 Å². The van der Waals surface area contributed by atoms with Crippen molar-refractivity contribution >= 4 is 17.4 Å². The molecular formula is C28H28N2O5. The molecule has 1 saturated heterocycles. The number of aliphatic hydroxyl groups is 1. The molecule has 0 bridgehead atoms. The molecule has 2 aromatic carbocycles. The van der Waals surface area contributed by atoms with Crippen molar-refractivity contribution in [2.24, 2.45) is 0 Å². The number of carbonyl (C=O) groups is 2. The third kappa shape index (κ3) is 4.62. The standard InChI is InChI=1S/C28H28N2O5/c1-17(2)22-14-19(9-12-23(22)35-4)26(31)24-25(20-6-5-13-29-15-20)30(28(33)27(24)32)16-18-7-10-21(34-3)11-8-18/h5-15,17,25,31H,16H2,1-4H3/b26-24-. The smallest absolute Gasteiger partial charge is 0.295 e. The van der Waals surface area contributed by atoms with Gasteiger partial charge in [0.1, 0.15) is 17.3 Å². The average Bonchev–Trinajstić information content (AvgIpc) is 3.13. The Morgan fingerprint density at radius 2 is 1.80 bits per heavy atom. The number of aromatic nitrogens is 1. The lowest BCUT2D eigenvalue weighted by Crippen LogP contribution is -2.29. The minimum atomic E-state index is -0.782. The summed E-state index contributed by atoms with van der Waals surface area (Å²) in [5.74, 6) is -0.107. The molecule has 2 heterocycles. The fourth-order valence-corrected chi connectivity index (χ4v) is 4.34. The first-order chi connectivity index (χ1) is 16.8. The zero-order valence-electron chi connectivity index (χ0n) is 20.2. The van der Waals surface area contributed by atoms with E-state index in [0.717, 1.165) is 11.1 Å². The molecule has 1 unspecified atom stereocenters. The zero-order valence-corrected chi connectivity index (χ0v) is 20.2. The van der Waals surface area contributed by atoms with E-state index in [1.54, 1.807) is 69.1 Å². The fraction of sp³-hybridized carbons (Fsp3) is 0.250. The predicted molar refractivity (Wildman–Crippen MR) is 132 cm³/mol. The van der Waals surface area contributed by atoms with E-state index in [2.05, 4.69) is 4.98 Å². The Morgan fingerprint density at radius 3 is 2.40 bits per heavy atom. The van der Waals surface area contributed by atoms with Crippen molar-refractivity contribution in [3.05, 3.63) is 94.8 Å². The van der Waals surface area contributed by atoms with Crippen LogP contribution in [0.5, 0.6) is 11.5 Å². The first kappa shape index (κ1) is 24.0. The van der Waals surface area contributed by atoms with E-state index < -0.39 is 17.7 Å². The van der Waals surface area contributed by atoms with Crippen LogP contribution in [0.1, 0.15) is 48.1 Å². The van der Waals surface area contributed by atoms with Crippen molar-refractivity contribution in [1.29, 1.82) is 0 Å². The number of hydrogen-bond donors (Lipinski definition) is 1. The van der Waals surface area contributed by atoms with Gasteiger partial charge in [-0.15, -0.1) is 0 Å². The molecule has 1 aliphatic heterocycles. The average molecular weight is 473 g/mol. The molecule has 1 aromatic heterocycles. The zero-order chi connectivity index (χ0) is 25.1. The highest BCUT2D eigenvalue weighted by Crippen LogP contribution is 2.41. The van der Waals surface area contributed by atoms with Gasteiger partial charge in [0.05, 0.1) is 25.8 Å². The summed E-state index contributed by atoms with van der Waals surface area (Å²) in [4.78, 5) is 32.1. The summed E-state index contributed by atoms with van der Waals surface area (Å²) in [5, 5.41) is 11.4. The van der Waals surface area contributed by atoms with Crippen molar-refractivity contribution in [3.8, 4) is 11.5 Å². The molecule has 3 aromatic rings. The number of nitrogens with zero attached hydrogens (tertiary/aromatic N) is 2. The Kier molecular flexibility index (Phi) is 6.87. The topological polar surface area (TPSA) is 89.0 Å².